The minimum absolute atomic E-state index is 0.0457. The first-order valence-electron chi connectivity index (χ1n) is 9.37. The average molecular weight is 435 g/mol. The predicted octanol–water partition coefficient (Wildman–Crippen LogP) is 4.60. The summed E-state index contributed by atoms with van der Waals surface area (Å²) in [4.78, 5) is 0. The first-order chi connectivity index (χ1) is 13.8. The molecule has 1 unspecified atom stereocenters. The fraction of sp³-hybridized carbons (Fsp3) is 0.350. The van der Waals surface area contributed by atoms with Gasteiger partial charge in [-0.25, -0.2) is 4.39 Å². The fourth-order valence-electron chi connectivity index (χ4n) is 3.07. The Labute approximate surface area is 180 Å². The number of nitrogens with one attached hydrogen (secondary N) is 2. The third-order valence-corrected chi connectivity index (χ3v) is 5.34. The summed E-state index contributed by atoms with van der Waals surface area (Å²) in [6.07, 6.45) is 1.94. The van der Waals surface area contributed by atoms with Gasteiger partial charge in [0.1, 0.15) is 5.82 Å². The third-order valence-electron chi connectivity index (χ3n) is 4.77. The van der Waals surface area contributed by atoms with Gasteiger partial charge >= 0.3 is 0 Å². The average Bonchev–Trinajstić information content (AvgIpc) is 3.25. The zero-order valence-corrected chi connectivity index (χ0v) is 18.4. The molecular formula is C20H24ClFN6S. The molecule has 0 bridgehead atoms. The van der Waals surface area contributed by atoms with Gasteiger partial charge in [0.25, 0.3) is 0 Å². The van der Waals surface area contributed by atoms with Crippen molar-refractivity contribution in [3.05, 3.63) is 63.9 Å². The van der Waals surface area contributed by atoms with Gasteiger partial charge in [-0.2, -0.15) is 10.2 Å². The van der Waals surface area contributed by atoms with Crippen molar-refractivity contribution in [2.45, 2.75) is 46.8 Å². The van der Waals surface area contributed by atoms with E-state index >= 15 is 0 Å². The number of hydrogen-bond acceptors (Lipinski definition) is 3. The van der Waals surface area contributed by atoms with E-state index in [1.165, 1.54) is 6.07 Å². The molecular weight excluding hydrogens is 411 g/mol. The minimum Gasteiger partial charge on any atom is -0.354 e. The Hall–Kier alpha value is -2.45. The Morgan fingerprint density at radius 1 is 1.28 bits per heavy atom. The largest absolute Gasteiger partial charge is 0.354 e. The molecule has 2 heterocycles. The van der Waals surface area contributed by atoms with Crippen LogP contribution in [0.2, 0.25) is 5.02 Å². The summed E-state index contributed by atoms with van der Waals surface area (Å²) in [6.45, 7) is 8.89. The molecule has 3 rings (SSSR count). The number of aromatic nitrogens is 4. The van der Waals surface area contributed by atoms with Gasteiger partial charge in [-0.1, -0.05) is 17.7 Å². The molecule has 6 nitrogen and oxygen atoms in total. The Balaban J connectivity index is 1.72. The fourth-order valence-corrected chi connectivity index (χ4v) is 3.57. The normalized spacial score (nSPS) is 12.1. The molecule has 2 aromatic heterocycles. The zero-order chi connectivity index (χ0) is 21.1. The highest BCUT2D eigenvalue weighted by Crippen LogP contribution is 2.24. The van der Waals surface area contributed by atoms with E-state index in [0.29, 0.717) is 15.7 Å². The van der Waals surface area contributed by atoms with Crippen molar-refractivity contribution in [3.63, 3.8) is 0 Å². The van der Waals surface area contributed by atoms with Crippen molar-refractivity contribution in [1.82, 2.24) is 24.9 Å². The molecule has 0 amide bonds. The number of nitrogens with zero attached hydrogens (tertiary/aromatic N) is 4. The topological polar surface area (TPSA) is 59.7 Å². The van der Waals surface area contributed by atoms with Crippen LogP contribution < -0.4 is 10.6 Å². The van der Waals surface area contributed by atoms with Crippen LogP contribution in [0.1, 0.15) is 42.5 Å². The number of aryl methyl sites for hydroxylation is 2. The van der Waals surface area contributed by atoms with Crippen LogP contribution in [0.4, 0.5) is 10.1 Å². The van der Waals surface area contributed by atoms with Gasteiger partial charge in [-0.15, -0.1) is 0 Å². The van der Waals surface area contributed by atoms with Gasteiger partial charge in [-0.05, 0) is 58.1 Å². The van der Waals surface area contributed by atoms with Crippen molar-refractivity contribution in [2.24, 2.45) is 0 Å². The summed E-state index contributed by atoms with van der Waals surface area (Å²) in [7, 11) is 0. The molecule has 9 heteroatoms. The van der Waals surface area contributed by atoms with Crippen LogP contribution in [0.3, 0.4) is 0 Å². The summed E-state index contributed by atoms with van der Waals surface area (Å²) in [5.74, 6) is -0.350. The first kappa shape index (κ1) is 21.3. The Kier molecular flexibility index (Phi) is 6.54. The smallest absolute Gasteiger partial charge is 0.171 e. The summed E-state index contributed by atoms with van der Waals surface area (Å²) < 4.78 is 17.7. The number of rotatable bonds is 6. The van der Waals surface area contributed by atoms with Gasteiger partial charge in [-0.3, -0.25) is 9.36 Å². The molecule has 0 aliphatic heterocycles. The van der Waals surface area contributed by atoms with E-state index in [1.807, 2.05) is 44.6 Å². The second-order valence-corrected chi connectivity index (χ2v) is 7.64. The Bertz CT molecular complexity index is 1010. The highest BCUT2D eigenvalue weighted by Gasteiger charge is 2.17. The van der Waals surface area contributed by atoms with E-state index in [-0.39, 0.29) is 18.4 Å². The lowest BCUT2D eigenvalue weighted by molar-refractivity contribution is 0.579. The standard InChI is InChI=1S/C20H24ClFN6S/c1-5-27-10-9-18(26-27)12(2)23-20(29)24-19-13(3)25-28(14(19)4)11-15-16(21)7-6-8-17(15)22/h6-10,12H,5,11H2,1-4H3,(H2,23,24,29). The number of hydrogen-bond donors (Lipinski definition) is 2. The minimum atomic E-state index is -0.350. The van der Waals surface area contributed by atoms with E-state index < -0.39 is 0 Å². The number of thiocarbonyl (C=S) groups is 1. The molecule has 0 radical (unpaired) electrons. The molecule has 0 aliphatic carbocycles. The predicted molar refractivity (Wildman–Crippen MR) is 118 cm³/mol. The van der Waals surface area contributed by atoms with Gasteiger partial charge in [0.2, 0.25) is 0 Å². The van der Waals surface area contributed by atoms with Gasteiger partial charge in [0.15, 0.2) is 5.11 Å². The van der Waals surface area contributed by atoms with Crippen molar-refractivity contribution in [3.8, 4) is 0 Å². The molecule has 3 aromatic rings. The van der Waals surface area contributed by atoms with Crippen molar-refractivity contribution in [1.29, 1.82) is 0 Å². The lowest BCUT2D eigenvalue weighted by atomic mass is 10.2. The molecule has 2 N–H and O–H groups in total. The lowest BCUT2D eigenvalue weighted by Crippen LogP contribution is -2.31. The zero-order valence-electron chi connectivity index (χ0n) is 16.8. The summed E-state index contributed by atoms with van der Waals surface area (Å²) in [6, 6.07) is 6.58. The molecule has 0 aliphatic rings. The third kappa shape index (κ3) is 4.76. The monoisotopic (exact) mass is 434 g/mol. The highest BCUT2D eigenvalue weighted by molar-refractivity contribution is 7.80. The van der Waals surface area contributed by atoms with E-state index in [1.54, 1.807) is 16.8 Å². The van der Waals surface area contributed by atoms with Crippen LogP contribution in [0.15, 0.2) is 30.5 Å². The summed E-state index contributed by atoms with van der Waals surface area (Å²) in [5, 5.41) is 16.3. The van der Waals surface area contributed by atoms with Crippen molar-refractivity contribution in [2.75, 3.05) is 5.32 Å². The maximum Gasteiger partial charge on any atom is 0.171 e. The molecule has 0 fully saturated rings. The molecule has 29 heavy (non-hydrogen) atoms. The molecule has 0 saturated carbocycles. The lowest BCUT2D eigenvalue weighted by Gasteiger charge is -2.16. The SMILES string of the molecule is CCn1ccc(C(C)NC(=S)Nc2c(C)nn(Cc3c(F)cccc3Cl)c2C)n1. The summed E-state index contributed by atoms with van der Waals surface area (Å²) in [5.41, 5.74) is 3.72. The second-order valence-electron chi connectivity index (χ2n) is 6.82. The van der Waals surface area contributed by atoms with Crippen LogP contribution in [0.25, 0.3) is 0 Å². The second kappa shape index (κ2) is 8.92. The van der Waals surface area contributed by atoms with Gasteiger partial charge < -0.3 is 10.6 Å². The van der Waals surface area contributed by atoms with Crippen LogP contribution in [-0.4, -0.2) is 24.7 Å². The molecule has 0 saturated heterocycles. The molecule has 1 atom stereocenters. The molecule has 0 spiro atoms. The molecule has 154 valence electrons. The van der Waals surface area contributed by atoms with Gasteiger partial charge in [0.05, 0.1) is 35.4 Å². The van der Waals surface area contributed by atoms with Gasteiger partial charge in [0, 0.05) is 23.3 Å². The van der Waals surface area contributed by atoms with Crippen LogP contribution in [0.5, 0.6) is 0 Å². The van der Waals surface area contributed by atoms with Crippen LogP contribution in [0, 0.1) is 19.7 Å². The highest BCUT2D eigenvalue weighted by atomic mass is 35.5. The quantitative estimate of drug-likeness (QED) is 0.555. The first-order valence-corrected chi connectivity index (χ1v) is 10.2. The maximum atomic E-state index is 14.1. The van der Waals surface area contributed by atoms with E-state index in [9.17, 15) is 4.39 Å². The Morgan fingerprint density at radius 3 is 2.69 bits per heavy atom. The summed E-state index contributed by atoms with van der Waals surface area (Å²) >= 11 is 11.6. The van der Waals surface area contributed by atoms with Crippen molar-refractivity contribution < 1.29 is 4.39 Å². The van der Waals surface area contributed by atoms with Crippen LogP contribution in [-0.2, 0) is 13.1 Å². The number of benzene rings is 1. The van der Waals surface area contributed by atoms with Crippen molar-refractivity contribution >= 4 is 34.6 Å². The van der Waals surface area contributed by atoms with E-state index in [2.05, 4.69) is 20.8 Å². The number of anilines is 1. The number of halogens is 2. The molecule has 1 aromatic carbocycles. The van der Waals surface area contributed by atoms with Crippen LogP contribution >= 0.6 is 23.8 Å². The van der Waals surface area contributed by atoms with E-state index in [4.69, 9.17) is 23.8 Å². The Morgan fingerprint density at radius 2 is 2.03 bits per heavy atom. The van der Waals surface area contributed by atoms with E-state index in [0.717, 1.165) is 29.3 Å². The maximum absolute atomic E-state index is 14.1.